The minimum Gasteiger partial charge on any atom is -0.477 e. The van der Waals surface area contributed by atoms with Crippen molar-refractivity contribution in [2.75, 3.05) is 6.54 Å². The number of thioether (sulfide) groups is 1. The lowest BCUT2D eigenvalue weighted by molar-refractivity contribution is -0.163. The molecule has 1 aromatic rings. The van der Waals surface area contributed by atoms with Crippen molar-refractivity contribution in [3.8, 4) is 0 Å². The standard InChI is InChI=1S/C19H25N3O5S.ClH/c1-8-15-14(9(2)23)18(24)22(15)16(19(25)26)17(8)28-11-5-12(21-7-11)13-4-3-10(6-20)27-13;/h3-4,8-9,11-12,14-15,21,23H,5-7,20H2,1-2H3,(H,25,26);1H/t8-,9-,11+,12-,14-,15-;/m1./s1. The first-order valence-corrected chi connectivity index (χ1v) is 10.4. The fraction of sp³-hybridized carbons (Fsp3) is 0.579. The molecule has 4 rings (SSSR count). The van der Waals surface area contributed by atoms with Gasteiger partial charge in [0.05, 0.1) is 30.7 Å². The summed E-state index contributed by atoms with van der Waals surface area (Å²) in [4.78, 5) is 26.4. The van der Waals surface area contributed by atoms with Crippen LogP contribution in [0.3, 0.4) is 0 Å². The van der Waals surface area contributed by atoms with Crippen LogP contribution in [0, 0.1) is 11.8 Å². The number of aliphatic hydroxyl groups excluding tert-OH is 1. The maximum absolute atomic E-state index is 12.4. The largest absolute Gasteiger partial charge is 0.477 e. The van der Waals surface area contributed by atoms with E-state index in [9.17, 15) is 19.8 Å². The zero-order chi connectivity index (χ0) is 20.2. The molecule has 6 atom stereocenters. The summed E-state index contributed by atoms with van der Waals surface area (Å²) in [5.41, 5.74) is 5.68. The zero-order valence-electron chi connectivity index (χ0n) is 16.2. The molecule has 1 aromatic heterocycles. The Morgan fingerprint density at radius 3 is 2.79 bits per heavy atom. The fourth-order valence-electron chi connectivity index (χ4n) is 4.56. The summed E-state index contributed by atoms with van der Waals surface area (Å²) in [5.74, 6) is -0.457. The Bertz CT molecular complexity index is 842. The van der Waals surface area contributed by atoms with E-state index in [0.29, 0.717) is 6.54 Å². The molecule has 1 amide bonds. The normalized spacial score (nSPS) is 32.1. The van der Waals surface area contributed by atoms with Gasteiger partial charge in [0.25, 0.3) is 0 Å². The SMILES string of the molecule is C[C@@H](O)[C@H]1C(=O)N2C(C(=O)O)=C(S[C@@H]3CN[C@@H](c4ccc(CN)o4)C3)[C@H](C)[C@H]12.Cl. The van der Waals surface area contributed by atoms with Crippen molar-refractivity contribution in [1.29, 1.82) is 0 Å². The molecule has 0 unspecified atom stereocenters. The quantitative estimate of drug-likeness (QED) is 0.486. The number of carboxylic acids is 1. The second-order valence-corrected chi connectivity index (χ2v) is 9.06. The van der Waals surface area contributed by atoms with Crippen LogP contribution in [0.2, 0.25) is 0 Å². The number of carbonyl (C=O) groups is 2. The Morgan fingerprint density at radius 2 is 2.21 bits per heavy atom. The maximum atomic E-state index is 12.4. The summed E-state index contributed by atoms with van der Waals surface area (Å²) < 4.78 is 5.73. The zero-order valence-corrected chi connectivity index (χ0v) is 17.8. The first-order chi connectivity index (χ1) is 13.3. The van der Waals surface area contributed by atoms with Crippen molar-refractivity contribution >= 4 is 36.0 Å². The number of hydrogen-bond acceptors (Lipinski definition) is 7. The van der Waals surface area contributed by atoms with Crippen molar-refractivity contribution in [2.24, 2.45) is 17.6 Å². The van der Waals surface area contributed by atoms with E-state index >= 15 is 0 Å². The highest BCUT2D eigenvalue weighted by Crippen LogP contribution is 2.52. The summed E-state index contributed by atoms with van der Waals surface area (Å²) >= 11 is 1.53. The number of furan rings is 1. The van der Waals surface area contributed by atoms with Crippen LogP contribution < -0.4 is 11.1 Å². The summed E-state index contributed by atoms with van der Waals surface area (Å²) in [7, 11) is 0. The van der Waals surface area contributed by atoms with E-state index in [1.165, 1.54) is 16.7 Å². The Labute approximate surface area is 179 Å². The number of nitrogens with two attached hydrogens (primary N) is 1. The Morgan fingerprint density at radius 1 is 1.48 bits per heavy atom. The van der Waals surface area contributed by atoms with Gasteiger partial charge >= 0.3 is 5.97 Å². The maximum Gasteiger partial charge on any atom is 0.353 e. The molecule has 29 heavy (non-hydrogen) atoms. The molecule has 10 heteroatoms. The Kier molecular flexibility index (Phi) is 6.35. The molecule has 0 aliphatic carbocycles. The van der Waals surface area contributed by atoms with Gasteiger partial charge in [-0.3, -0.25) is 4.79 Å². The third-order valence-electron chi connectivity index (χ3n) is 5.92. The lowest BCUT2D eigenvalue weighted by Crippen LogP contribution is -2.63. The lowest BCUT2D eigenvalue weighted by atomic mass is 9.79. The van der Waals surface area contributed by atoms with E-state index in [1.54, 1.807) is 6.92 Å². The number of amides is 1. The van der Waals surface area contributed by atoms with Crippen LogP contribution in [-0.2, 0) is 16.1 Å². The van der Waals surface area contributed by atoms with Gasteiger partial charge in [-0.2, -0.15) is 0 Å². The number of fused-ring (bicyclic) bond motifs is 1. The van der Waals surface area contributed by atoms with Crippen LogP contribution in [-0.4, -0.2) is 50.9 Å². The average Bonchev–Trinajstić information content (AvgIpc) is 3.33. The number of halogens is 1. The number of aliphatic carboxylic acids is 1. The molecule has 0 spiro atoms. The number of aliphatic hydroxyl groups is 1. The molecule has 0 radical (unpaired) electrons. The van der Waals surface area contributed by atoms with Crippen LogP contribution in [0.1, 0.15) is 37.8 Å². The van der Waals surface area contributed by atoms with Gasteiger partial charge in [-0.1, -0.05) is 6.92 Å². The highest BCUT2D eigenvalue weighted by atomic mass is 35.5. The minimum atomic E-state index is -1.09. The average molecular weight is 444 g/mol. The van der Waals surface area contributed by atoms with Crippen LogP contribution in [0.4, 0.5) is 0 Å². The van der Waals surface area contributed by atoms with Crippen molar-refractivity contribution in [3.05, 3.63) is 34.3 Å². The summed E-state index contributed by atoms with van der Waals surface area (Å²) in [6.07, 6.45) is 0.00726. The number of rotatable bonds is 6. The summed E-state index contributed by atoms with van der Waals surface area (Å²) in [6, 6.07) is 3.58. The molecule has 3 aliphatic heterocycles. The second-order valence-electron chi connectivity index (χ2n) is 7.72. The predicted molar refractivity (Wildman–Crippen MR) is 110 cm³/mol. The predicted octanol–water partition coefficient (Wildman–Crippen LogP) is 1.45. The smallest absolute Gasteiger partial charge is 0.353 e. The van der Waals surface area contributed by atoms with E-state index in [4.69, 9.17) is 10.2 Å². The lowest BCUT2D eigenvalue weighted by Gasteiger charge is -2.46. The molecule has 0 aromatic carbocycles. The number of nitrogens with zero attached hydrogens (tertiary/aromatic N) is 1. The van der Waals surface area contributed by atoms with Gasteiger partial charge in [-0.15, -0.1) is 24.2 Å². The number of β-lactam (4-membered cyclic amide) rings is 1. The molecular formula is C19H26ClN3O5S. The third kappa shape index (κ3) is 3.59. The molecule has 3 aliphatic rings. The highest BCUT2D eigenvalue weighted by molar-refractivity contribution is 8.03. The Hall–Kier alpha value is -1.52. The topological polar surface area (TPSA) is 129 Å². The monoisotopic (exact) mass is 443 g/mol. The third-order valence-corrected chi connectivity index (χ3v) is 7.43. The molecule has 5 N–H and O–H groups in total. The van der Waals surface area contributed by atoms with Gasteiger partial charge in [0, 0.05) is 22.6 Å². The van der Waals surface area contributed by atoms with Gasteiger partial charge < -0.3 is 30.6 Å². The summed E-state index contributed by atoms with van der Waals surface area (Å²) in [6.45, 7) is 4.60. The van der Waals surface area contributed by atoms with E-state index in [2.05, 4.69) is 5.32 Å². The molecule has 2 fully saturated rings. The van der Waals surface area contributed by atoms with Gasteiger partial charge in [-0.25, -0.2) is 4.79 Å². The van der Waals surface area contributed by atoms with Gasteiger partial charge in [0.2, 0.25) is 5.91 Å². The van der Waals surface area contributed by atoms with Gasteiger partial charge in [-0.05, 0) is 25.5 Å². The van der Waals surface area contributed by atoms with E-state index in [0.717, 1.165) is 29.4 Å². The van der Waals surface area contributed by atoms with Crippen LogP contribution >= 0.6 is 24.2 Å². The Balaban J connectivity index is 0.00000240. The van der Waals surface area contributed by atoms with Crippen LogP contribution in [0.25, 0.3) is 0 Å². The molecule has 4 heterocycles. The number of carbonyl (C=O) groups excluding carboxylic acids is 1. The second kappa shape index (κ2) is 8.31. The van der Waals surface area contributed by atoms with Crippen molar-refractivity contribution in [1.82, 2.24) is 10.2 Å². The number of nitrogens with one attached hydrogen (secondary N) is 1. The molecule has 0 bridgehead atoms. The molecule has 0 saturated carbocycles. The first-order valence-electron chi connectivity index (χ1n) is 9.50. The molecule has 2 saturated heterocycles. The van der Waals surface area contributed by atoms with E-state index < -0.39 is 18.0 Å². The number of hydrogen-bond donors (Lipinski definition) is 4. The van der Waals surface area contributed by atoms with E-state index in [-0.39, 0.29) is 47.3 Å². The minimum absolute atomic E-state index is 0. The van der Waals surface area contributed by atoms with Gasteiger partial charge in [0.15, 0.2) is 0 Å². The van der Waals surface area contributed by atoms with Crippen LogP contribution in [0.15, 0.2) is 27.2 Å². The highest BCUT2D eigenvalue weighted by Gasteiger charge is 2.60. The molecule has 160 valence electrons. The van der Waals surface area contributed by atoms with Crippen LogP contribution in [0.5, 0.6) is 0 Å². The number of carboxylic acid groups (broad SMARTS) is 1. The van der Waals surface area contributed by atoms with Crippen molar-refractivity contribution < 1.29 is 24.2 Å². The molecular weight excluding hydrogens is 418 g/mol. The summed E-state index contributed by atoms with van der Waals surface area (Å²) in [5, 5.41) is 23.3. The molecule has 8 nitrogen and oxygen atoms in total. The first kappa shape index (κ1) is 22.2. The van der Waals surface area contributed by atoms with Crippen molar-refractivity contribution in [3.63, 3.8) is 0 Å². The van der Waals surface area contributed by atoms with Crippen molar-refractivity contribution in [2.45, 2.75) is 50.3 Å². The van der Waals surface area contributed by atoms with E-state index in [1.807, 2.05) is 19.1 Å². The van der Waals surface area contributed by atoms with Gasteiger partial charge in [0.1, 0.15) is 17.2 Å². The fourth-order valence-corrected chi connectivity index (χ4v) is 6.04.